The molecule has 43 heavy (non-hydrogen) atoms. The monoisotopic (exact) mass is 595 g/mol. The van der Waals surface area contributed by atoms with Crippen molar-refractivity contribution in [2.45, 2.75) is 59.4 Å². The molecule has 0 bridgehead atoms. The van der Waals surface area contributed by atoms with E-state index in [0.29, 0.717) is 28.6 Å². The van der Waals surface area contributed by atoms with Crippen LogP contribution in [0.3, 0.4) is 0 Å². The molecule has 3 N–H and O–H groups in total. The summed E-state index contributed by atoms with van der Waals surface area (Å²) in [6.45, 7) is 8.05. The zero-order chi connectivity index (χ0) is 31.7. The fourth-order valence-corrected chi connectivity index (χ4v) is 4.02. The van der Waals surface area contributed by atoms with Crippen LogP contribution in [-0.2, 0) is 30.5 Å². The standard InChI is InChI=1S/C30H37N5O8/c1-18(2)14-22(33-29(40)43-30(3,4)5)26(38)31-16-24(36)42-17-35-23-13-12-20(25(37)19-10-8-7-9-11-19)15-21(23)32-27(35)34-28(39)41-6/h7-13,15,18,22H,14,16-17H2,1-6H3,(H,31,38)(H,33,40)(H,32,34,39)/t22-/m0/s1. The van der Waals surface area contributed by atoms with Gasteiger partial charge in [-0.05, 0) is 51.3 Å². The van der Waals surface area contributed by atoms with Gasteiger partial charge in [0.25, 0.3) is 0 Å². The Morgan fingerprint density at radius 2 is 1.65 bits per heavy atom. The highest BCUT2D eigenvalue weighted by atomic mass is 16.6. The van der Waals surface area contributed by atoms with Crippen molar-refractivity contribution < 1.29 is 38.2 Å². The number of carbonyl (C=O) groups is 5. The third kappa shape index (κ3) is 9.55. The maximum Gasteiger partial charge on any atom is 0.413 e. The minimum absolute atomic E-state index is 0.0153. The lowest BCUT2D eigenvalue weighted by Gasteiger charge is -2.24. The number of fused-ring (bicyclic) bond motifs is 1. The molecule has 0 aliphatic carbocycles. The minimum atomic E-state index is -0.927. The van der Waals surface area contributed by atoms with E-state index in [2.05, 4.69) is 25.7 Å². The fraction of sp³-hybridized carbons (Fsp3) is 0.400. The highest BCUT2D eigenvalue weighted by molar-refractivity contribution is 6.10. The minimum Gasteiger partial charge on any atom is -0.453 e. The first-order chi connectivity index (χ1) is 20.3. The molecule has 0 saturated carbocycles. The number of hydrogen-bond donors (Lipinski definition) is 3. The number of anilines is 1. The van der Waals surface area contributed by atoms with E-state index < -0.39 is 42.3 Å². The zero-order valence-corrected chi connectivity index (χ0v) is 25.1. The molecule has 13 nitrogen and oxygen atoms in total. The largest absolute Gasteiger partial charge is 0.453 e. The average molecular weight is 596 g/mol. The van der Waals surface area contributed by atoms with E-state index in [0.717, 1.165) is 0 Å². The average Bonchev–Trinajstić information content (AvgIpc) is 3.28. The second kappa shape index (κ2) is 14.3. The van der Waals surface area contributed by atoms with E-state index in [9.17, 15) is 24.0 Å². The number of rotatable bonds is 11. The van der Waals surface area contributed by atoms with Crippen molar-refractivity contribution in [3.63, 3.8) is 0 Å². The Morgan fingerprint density at radius 3 is 2.28 bits per heavy atom. The number of carbonyl (C=O) groups excluding carboxylic acids is 5. The first-order valence-corrected chi connectivity index (χ1v) is 13.6. The number of imidazole rings is 1. The number of benzene rings is 2. The molecule has 230 valence electrons. The summed E-state index contributed by atoms with van der Waals surface area (Å²) in [5.74, 6) is -1.49. The van der Waals surface area contributed by atoms with Crippen LogP contribution in [0, 0.1) is 5.92 Å². The van der Waals surface area contributed by atoms with Gasteiger partial charge in [0.15, 0.2) is 12.5 Å². The van der Waals surface area contributed by atoms with Crippen LogP contribution >= 0.6 is 0 Å². The smallest absolute Gasteiger partial charge is 0.413 e. The first kappa shape index (κ1) is 32.6. The third-order valence-electron chi connectivity index (χ3n) is 5.92. The number of alkyl carbamates (subject to hydrolysis) is 1. The number of nitrogens with zero attached hydrogens (tertiary/aromatic N) is 2. The number of methoxy groups -OCH3 is 1. The van der Waals surface area contributed by atoms with Crippen molar-refractivity contribution in [3.05, 3.63) is 59.7 Å². The summed E-state index contributed by atoms with van der Waals surface area (Å²) in [6, 6.07) is 12.6. The Balaban J connectivity index is 1.71. The van der Waals surface area contributed by atoms with Gasteiger partial charge in [-0.1, -0.05) is 44.2 Å². The molecule has 0 fully saturated rings. The zero-order valence-electron chi connectivity index (χ0n) is 25.1. The lowest BCUT2D eigenvalue weighted by molar-refractivity contribution is -0.147. The van der Waals surface area contributed by atoms with Gasteiger partial charge in [-0.3, -0.25) is 24.3 Å². The molecule has 0 saturated heterocycles. The summed E-state index contributed by atoms with van der Waals surface area (Å²) in [7, 11) is 1.19. The van der Waals surface area contributed by atoms with Gasteiger partial charge < -0.3 is 24.8 Å². The highest BCUT2D eigenvalue weighted by Crippen LogP contribution is 2.23. The molecule has 0 aliphatic rings. The van der Waals surface area contributed by atoms with Crippen molar-refractivity contribution >= 4 is 46.8 Å². The highest BCUT2D eigenvalue weighted by Gasteiger charge is 2.26. The van der Waals surface area contributed by atoms with Gasteiger partial charge in [0.05, 0.1) is 18.1 Å². The normalized spacial score (nSPS) is 11.9. The summed E-state index contributed by atoms with van der Waals surface area (Å²) in [5.41, 5.74) is 0.963. The number of esters is 1. The molecule has 0 unspecified atom stereocenters. The van der Waals surface area contributed by atoms with Crippen molar-refractivity contribution in [1.82, 2.24) is 20.2 Å². The quantitative estimate of drug-likeness (QED) is 0.169. The molecule has 2 aromatic carbocycles. The molecular formula is C30H37N5O8. The lowest BCUT2D eigenvalue weighted by atomic mass is 10.0. The van der Waals surface area contributed by atoms with Crippen LogP contribution in [0.5, 0.6) is 0 Å². The summed E-state index contributed by atoms with van der Waals surface area (Å²) < 4.78 is 16.7. The SMILES string of the molecule is COC(=O)Nc1nc2cc(C(=O)c3ccccc3)ccc2n1COC(=O)CNC(=O)[C@H](CC(C)C)NC(=O)OC(C)(C)C. The molecule has 13 heteroatoms. The van der Waals surface area contributed by atoms with Gasteiger partial charge in [-0.25, -0.2) is 14.6 Å². The molecule has 0 aliphatic heterocycles. The van der Waals surface area contributed by atoms with E-state index in [1.165, 1.54) is 11.7 Å². The van der Waals surface area contributed by atoms with E-state index >= 15 is 0 Å². The van der Waals surface area contributed by atoms with Gasteiger partial charge in [-0.15, -0.1) is 0 Å². The number of ether oxygens (including phenoxy) is 3. The van der Waals surface area contributed by atoms with Crippen LogP contribution in [0.2, 0.25) is 0 Å². The number of aromatic nitrogens is 2. The van der Waals surface area contributed by atoms with Gasteiger partial charge in [0, 0.05) is 11.1 Å². The summed E-state index contributed by atoms with van der Waals surface area (Å²) >= 11 is 0. The number of ketones is 1. The van der Waals surface area contributed by atoms with E-state index in [4.69, 9.17) is 9.47 Å². The number of hydrogen-bond acceptors (Lipinski definition) is 9. The predicted molar refractivity (Wildman–Crippen MR) is 157 cm³/mol. The molecule has 0 radical (unpaired) electrons. The van der Waals surface area contributed by atoms with Gasteiger partial charge in [0.2, 0.25) is 11.9 Å². The number of nitrogens with one attached hydrogen (secondary N) is 3. The van der Waals surface area contributed by atoms with Gasteiger partial charge in [0.1, 0.15) is 18.2 Å². The molecular weight excluding hydrogens is 558 g/mol. The van der Waals surface area contributed by atoms with Crippen molar-refractivity contribution in [1.29, 1.82) is 0 Å². The second-order valence-electron chi connectivity index (χ2n) is 11.1. The van der Waals surface area contributed by atoms with Crippen molar-refractivity contribution in [2.24, 2.45) is 5.92 Å². The van der Waals surface area contributed by atoms with Gasteiger partial charge >= 0.3 is 18.2 Å². The van der Waals surface area contributed by atoms with Crippen LogP contribution in [-0.4, -0.2) is 64.7 Å². The molecule has 3 amide bonds. The summed E-state index contributed by atoms with van der Waals surface area (Å²) in [6.07, 6.45) is -1.23. The third-order valence-corrected chi connectivity index (χ3v) is 5.92. The van der Waals surface area contributed by atoms with Crippen LogP contribution < -0.4 is 16.0 Å². The van der Waals surface area contributed by atoms with Crippen LogP contribution in [0.25, 0.3) is 11.0 Å². The fourth-order valence-electron chi connectivity index (χ4n) is 4.02. The summed E-state index contributed by atoms with van der Waals surface area (Å²) in [4.78, 5) is 66.8. The predicted octanol–water partition coefficient (Wildman–Crippen LogP) is 4.00. The van der Waals surface area contributed by atoms with Crippen molar-refractivity contribution in [2.75, 3.05) is 19.0 Å². The maximum atomic E-state index is 12.9. The Bertz CT molecular complexity index is 1480. The van der Waals surface area contributed by atoms with Crippen LogP contribution in [0.15, 0.2) is 48.5 Å². The summed E-state index contributed by atoms with van der Waals surface area (Å²) in [5, 5.41) is 7.49. The molecule has 1 atom stereocenters. The van der Waals surface area contributed by atoms with E-state index in [1.807, 2.05) is 19.9 Å². The molecule has 1 heterocycles. The van der Waals surface area contributed by atoms with Gasteiger partial charge in [-0.2, -0.15) is 0 Å². The first-order valence-electron chi connectivity index (χ1n) is 13.6. The molecule has 1 aromatic heterocycles. The number of amides is 3. The van der Waals surface area contributed by atoms with Crippen molar-refractivity contribution in [3.8, 4) is 0 Å². The molecule has 3 rings (SSSR count). The van der Waals surface area contributed by atoms with E-state index in [1.54, 1.807) is 63.2 Å². The second-order valence-corrected chi connectivity index (χ2v) is 11.1. The topological polar surface area (TPSA) is 167 Å². The van der Waals surface area contributed by atoms with Crippen LogP contribution in [0.1, 0.15) is 57.0 Å². The Morgan fingerprint density at radius 1 is 0.953 bits per heavy atom. The Hall–Kier alpha value is -4.94. The molecule has 0 spiro atoms. The van der Waals surface area contributed by atoms with Crippen LogP contribution in [0.4, 0.5) is 15.5 Å². The maximum absolute atomic E-state index is 12.9. The molecule has 3 aromatic rings. The Kier molecular flexibility index (Phi) is 10.8. The van der Waals surface area contributed by atoms with E-state index in [-0.39, 0.29) is 24.4 Å². The Labute approximate surface area is 249 Å². The lowest BCUT2D eigenvalue weighted by Crippen LogP contribution is -2.49.